The van der Waals surface area contributed by atoms with E-state index in [-0.39, 0.29) is 5.56 Å². The maximum absolute atomic E-state index is 11.7. The van der Waals surface area contributed by atoms with Crippen LogP contribution in [-0.2, 0) is 12.8 Å². The van der Waals surface area contributed by atoms with Crippen molar-refractivity contribution in [1.82, 2.24) is 9.55 Å². The zero-order valence-corrected chi connectivity index (χ0v) is 12.0. The second-order valence-electron chi connectivity index (χ2n) is 4.22. The summed E-state index contributed by atoms with van der Waals surface area (Å²) in [6.07, 6.45) is 0. The highest BCUT2D eigenvalue weighted by atomic mass is 32.2. The van der Waals surface area contributed by atoms with Gasteiger partial charge >= 0.3 is 0 Å². The monoisotopic (exact) mass is 276 g/mol. The van der Waals surface area contributed by atoms with Gasteiger partial charge in [-0.05, 0) is 24.6 Å². The Morgan fingerprint density at radius 1 is 1.37 bits per heavy atom. The molecular formula is C14H16N2O2S. The highest BCUT2D eigenvalue weighted by Gasteiger charge is 2.05. The first-order chi connectivity index (χ1) is 9.10. The molecule has 0 aliphatic rings. The normalized spacial score (nSPS) is 10.5. The van der Waals surface area contributed by atoms with Crippen molar-refractivity contribution in [2.45, 2.75) is 17.8 Å². The fourth-order valence-corrected chi connectivity index (χ4v) is 2.63. The zero-order chi connectivity index (χ0) is 13.8. The molecule has 0 fully saturated rings. The van der Waals surface area contributed by atoms with Gasteiger partial charge in [-0.3, -0.25) is 9.36 Å². The summed E-state index contributed by atoms with van der Waals surface area (Å²) in [5.74, 6) is 1.59. The lowest BCUT2D eigenvalue weighted by atomic mass is 10.2. The van der Waals surface area contributed by atoms with Crippen molar-refractivity contribution in [3.63, 3.8) is 0 Å². The van der Waals surface area contributed by atoms with Gasteiger partial charge in [0.05, 0.1) is 7.11 Å². The van der Waals surface area contributed by atoms with Crippen LogP contribution in [0, 0.1) is 6.92 Å². The van der Waals surface area contributed by atoms with Gasteiger partial charge < -0.3 is 4.74 Å². The van der Waals surface area contributed by atoms with Crippen LogP contribution in [0.15, 0.2) is 40.3 Å². The molecule has 0 spiro atoms. The zero-order valence-electron chi connectivity index (χ0n) is 11.2. The Morgan fingerprint density at radius 2 is 2.16 bits per heavy atom. The summed E-state index contributed by atoms with van der Waals surface area (Å²) in [7, 11) is 3.39. The first-order valence-electron chi connectivity index (χ1n) is 5.90. The number of rotatable bonds is 4. The van der Waals surface area contributed by atoms with Crippen LogP contribution in [0.1, 0.15) is 11.3 Å². The molecule has 0 radical (unpaired) electrons. The third-order valence-corrected chi connectivity index (χ3v) is 3.82. The molecule has 0 bridgehead atoms. The largest absolute Gasteiger partial charge is 0.497 e. The number of aromatic nitrogens is 2. The molecule has 2 rings (SSSR count). The summed E-state index contributed by atoms with van der Waals surface area (Å²) in [6.45, 7) is 1.83. The van der Waals surface area contributed by atoms with E-state index in [0.29, 0.717) is 0 Å². The van der Waals surface area contributed by atoms with Crippen LogP contribution in [0.3, 0.4) is 0 Å². The van der Waals surface area contributed by atoms with Gasteiger partial charge in [-0.1, -0.05) is 23.9 Å². The van der Waals surface area contributed by atoms with Crippen molar-refractivity contribution >= 4 is 11.8 Å². The molecule has 100 valence electrons. The fraction of sp³-hybridized carbons (Fsp3) is 0.286. The second kappa shape index (κ2) is 5.93. The molecule has 0 unspecified atom stereocenters. The Bertz CT molecular complexity index is 638. The van der Waals surface area contributed by atoms with Gasteiger partial charge in [0.15, 0.2) is 5.16 Å². The average Bonchev–Trinajstić information content (AvgIpc) is 2.41. The SMILES string of the molecule is COc1cccc(CSc2nc(C)cc(=O)n2C)c1. The minimum Gasteiger partial charge on any atom is -0.497 e. The Hall–Kier alpha value is -1.75. The molecule has 1 aromatic heterocycles. The molecule has 0 N–H and O–H groups in total. The van der Waals surface area contributed by atoms with Gasteiger partial charge in [-0.15, -0.1) is 0 Å². The van der Waals surface area contributed by atoms with Crippen LogP contribution in [-0.4, -0.2) is 16.7 Å². The number of hydrogen-bond acceptors (Lipinski definition) is 4. The van der Waals surface area contributed by atoms with E-state index in [9.17, 15) is 4.79 Å². The van der Waals surface area contributed by atoms with Crippen LogP contribution in [0.4, 0.5) is 0 Å². The average molecular weight is 276 g/mol. The molecule has 4 nitrogen and oxygen atoms in total. The van der Waals surface area contributed by atoms with Crippen molar-refractivity contribution in [1.29, 1.82) is 0 Å². The Kier molecular flexibility index (Phi) is 4.27. The number of methoxy groups -OCH3 is 1. The van der Waals surface area contributed by atoms with Crippen LogP contribution in [0.2, 0.25) is 0 Å². The Labute approximate surface area is 116 Å². The van der Waals surface area contributed by atoms with Crippen LogP contribution in [0.25, 0.3) is 0 Å². The van der Waals surface area contributed by atoms with Gasteiger partial charge in [-0.2, -0.15) is 0 Å². The van der Waals surface area contributed by atoms with Crippen LogP contribution in [0.5, 0.6) is 5.75 Å². The highest BCUT2D eigenvalue weighted by Crippen LogP contribution is 2.22. The summed E-state index contributed by atoms with van der Waals surface area (Å²) in [6, 6.07) is 9.42. The number of thioether (sulfide) groups is 1. The van der Waals surface area contributed by atoms with Gasteiger partial charge in [0.1, 0.15) is 5.75 Å². The van der Waals surface area contributed by atoms with E-state index in [2.05, 4.69) is 4.98 Å². The molecule has 0 saturated carbocycles. The van der Waals surface area contributed by atoms with Crippen molar-refractivity contribution in [2.24, 2.45) is 7.05 Å². The molecule has 0 aliphatic carbocycles. The number of hydrogen-bond donors (Lipinski definition) is 0. The Balaban J connectivity index is 2.16. The van der Waals surface area contributed by atoms with Gasteiger partial charge in [-0.25, -0.2) is 4.98 Å². The first kappa shape index (κ1) is 13.7. The minimum atomic E-state index is -0.0272. The summed E-state index contributed by atoms with van der Waals surface area (Å²) in [4.78, 5) is 16.0. The number of aryl methyl sites for hydroxylation is 1. The van der Waals surface area contributed by atoms with E-state index < -0.39 is 0 Å². The lowest BCUT2D eigenvalue weighted by molar-refractivity contribution is 0.414. The summed E-state index contributed by atoms with van der Waals surface area (Å²) >= 11 is 1.54. The number of nitrogens with zero attached hydrogens (tertiary/aromatic N) is 2. The van der Waals surface area contributed by atoms with Gasteiger partial charge in [0.25, 0.3) is 5.56 Å². The van der Waals surface area contributed by atoms with Crippen molar-refractivity contribution < 1.29 is 4.74 Å². The quantitative estimate of drug-likeness (QED) is 0.635. The molecule has 0 amide bonds. The third kappa shape index (κ3) is 3.38. The second-order valence-corrected chi connectivity index (χ2v) is 5.16. The molecule has 0 aliphatic heterocycles. The molecule has 19 heavy (non-hydrogen) atoms. The lowest BCUT2D eigenvalue weighted by Crippen LogP contribution is -2.19. The maximum atomic E-state index is 11.7. The van der Waals surface area contributed by atoms with Crippen LogP contribution < -0.4 is 10.3 Å². The summed E-state index contributed by atoms with van der Waals surface area (Å²) in [5, 5.41) is 0.729. The molecule has 1 aromatic carbocycles. The minimum absolute atomic E-state index is 0.0272. The molecule has 0 atom stereocenters. The van der Waals surface area contributed by atoms with E-state index in [0.717, 1.165) is 27.9 Å². The van der Waals surface area contributed by atoms with E-state index in [4.69, 9.17) is 4.74 Å². The van der Waals surface area contributed by atoms with E-state index >= 15 is 0 Å². The van der Waals surface area contributed by atoms with Crippen molar-refractivity contribution in [3.05, 3.63) is 51.9 Å². The van der Waals surface area contributed by atoms with E-state index in [1.165, 1.54) is 6.07 Å². The predicted octanol–water partition coefficient (Wildman–Crippen LogP) is 2.39. The van der Waals surface area contributed by atoms with Crippen molar-refractivity contribution in [2.75, 3.05) is 7.11 Å². The number of benzene rings is 1. The third-order valence-electron chi connectivity index (χ3n) is 2.72. The van der Waals surface area contributed by atoms with E-state index in [1.54, 1.807) is 30.5 Å². The lowest BCUT2D eigenvalue weighted by Gasteiger charge is -2.08. The van der Waals surface area contributed by atoms with Crippen LogP contribution >= 0.6 is 11.8 Å². The summed E-state index contributed by atoms with van der Waals surface area (Å²) in [5.41, 5.74) is 1.86. The van der Waals surface area contributed by atoms with Crippen molar-refractivity contribution in [3.8, 4) is 5.75 Å². The maximum Gasteiger partial charge on any atom is 0.254 e. The Morgan fingerprint density at radius 3 is 2.89 bits per heavy atom. The fourth-order valence-electron chi connectivity index (χ4n) is 1.67. The first-order valence-corrected chi connectivity index (χ1v) is 6.89. The topological polar surface area (TPSA) is 44.1 Å². The molecule has 5 heteroatoms. The molecule has 1 heterocycles. The van der Waals surface area contributed by atoms with E-state index in [1.807, 2.05) is 31.2 Å². The highest BCUT2D eigenvalue weighted by molar-refractivity contribution is 7.98. The number of ether oxygens (including phenoxy) is 1. The molecule has 0 saturated heterocycles. The standard InChI is InChI=1S/C14H16N2O2S/c1-10-7-13(17)16(2)14(15-10)19-9-11-5-4-6-12(8-11)18-3/h4-8H,9H2,1-3H3. The predicted molar refractivity (Wildman–Crippen MR) is 76.8 cm³/mol. The molecular weight excluding hydrogens is 260 g/mol. The van der Waals surface area contributed by atoms with Gasteiger partial charge in [0, 0.05) is 24.6 Å². The summed E-state index contributed by atoms with van der Waals surface area (Å²) < 4.78 is 6.76. The smallest absolute Gasteiger partial charge is 0.254 e. The van der Waals surface area contributed by atoms with Gasteiger partial charge in [0.2, 0.25) is 0 Å². The molecule has 2 aromatic rings.